The molecular weight excluding hydrogens is 480 g/mol. The minimum Gasteiger partial charge on any atom is -0.0836 e. The number of rotatable bonds is 3. The lowest BCUT2D eigenvalue weighted by atomic mass is 9.84. The molecule has 40 heavy (non-hydrogen) atoms. The van der Waals surface area contributed by atoms with Gasteiger partial charge in [0.05, 0.1) is 0 Å². The molecule has 0 unspecified atom stereocenters. The molecule has 0 amide bonds. The summed E-state index contributed by atoms with van der Waals surface area (Å²) in [5.41, 5.74) is 10.5. The van der Waals surface area contributed by atoms with E-state index in [0.29, 0.717) is 0 Å². The average Bonchev–Trinajstić information content (AvgIpc) is 3.03. The number of allylic oxidation sites excluding steroid dienone is 1. The van der Waals surface area contributed by atoms with E-state index in [1.165, 1.54) is 76.8 Å². The summed E-state index contributed by atoms with van der Waals surface area (Å²) in [5.74, 6) is 0. The lowest BCUT2D eigenvalue weighted by molar-refractivity contribution is 0.986. The molecule has 188 valence electrons. The van der Waals surface area contributed by atoms with Crippen molar-refractivity contribution in [3.63, 3.8) is 0 Å². The molecule has 0 radical (unpaired) electrons. The van der Waals surface area contributed by atoms with Crippen molar-refractivity contribution < 1.29 is 0 Å². The van der Waals surface area contributed by atoms with Crippen LogP contribution >= 0.6 is 0 Å². The number of hydrogen-bond donors (Lipinski definition) is 0. The van der Waals surface area contributed by atoms with Crippen molar-refractivity contribution in [3.05, 3.63) is 151 Å². The Morgan fingerprint density at radius 3 is 1.73 bits per heavy atom. The van der Waals surface area contributed by atoms with Crippen LogP contribution in [0.3, 0.4) is 0 Å². The largest absolute Gasteiger partial charge is 0.0836 e. The molecule has 0 N–H and O–H groups in total. The Labute approximate surface area is 234 Å². The molecular formula is C40H28. The van der Waals surface area contributed by atoms with Gasteiger partial charge in [-0.3, -0.25) is 0 Å². The van der Waals surface area contributed by atoms with Crippen LogP contribution in [0.4, 0.5) is 0 Å². The van der Waals surface area contributed by atoms with Crippen molar-refractivity contribution >= 4 is 38.4 Å². The average molecular weight is 509 g/mol. The highest BCUT2D eigenvalue weighted by molar-refractivity contribution is 6.23. The lowest BCUT2D eigenvalue weighted by Gasteiger charge is -2.19. The van der Waals surface area contributed by atoms with Crippen LogP contribution in [0.15, 0.2) is 140 Å². The maximum atomic E-state index is 2.34. The van der Waals surface area contributed by atoms with E-state index in [1.54, 1.807) is 0 Å². The summed E-state index contributed by atoms with van der Waals surface area (Å²) in [7, 11) is 0. The van der Waals surface area contributed by atoms with Crippen molar-refractivity contribution in [2.75, 3.05) is 0 Å². The zero-order valence-electron chi connectivity index (χ0n) is 22.3. The van der Waals surface area contributed by atoms with E-state index in [0.717, 1.165) is 12.8 Å². The van der Waals surface area contributed by atoms with Gasteiger partial charge in [-0.2, -0.15) is 0 Å². The Hall–Kier alpha value is -4.94. The van der Waals surface area contributed by atoms with Gasteiger partial charge in [0.2, 0.25) is 0 Å². The van der Waals surface area contributed by atoms with E-state index >= 15 is 0 Å². The first-order valence-corrected chi connectivity index (χ1v) is 14.2. The molecule has 0 fully saturated rings. The zero-order valence-corrected chi connectivity index (χ0v) is 22.3. The normalized spacial score (nSPS) is 12.7. The Balaban J connectivity index is 1.35. The van der Waals surface area contributed by atoms with E-state index in [-0.39, 0.29) is 0 Å². The fourth-order valence-electron chi connectivity index (χ4n) is 6.61. The molecule has 0 bridgehead atoms. The Morgan fingerprint density at radius 1 is 0.425 bits per heavy atom. The molecule has 0 aliphatic heterocycles. The maximum Gasteiger partial charge on any atom is -0.00201 e. The molecule has 8 rings (SSSR count). The lowest BCUT2D eigenvalue weighted by Crippen LogP contribution is -1.94. The topological polar surface area (TPSA) is 0 Å². The van der Waals surface area contributed by atoms with Crippen molar-refractivity contribution in [3.8, 4) is 33.4 Å². The minimum absolute atomic E-state index is 1.14. The molecule has 1 aliphatic carbocycles. The van der Waals surface area contributed by atoms with Gasteiger partial charge in [0.1, 0.15) is 0 Å². The Morgan fingerprint density at radius 2 is 1.00 bits per heavy atom. The molecule has 0 heterocycles. The second-order valence-electron chi connectivity index (χ2n) is 10.8. The van der Waals surface area contributed by atoms with Gasteiger partial charge >= 0.3 is 0 Å². The van der Waals surface area contributed by atoms with Crippen molar-refractivity contribution in [1.82, 2.24) is 0 Å². The monoisotopic (exact) mass is 508 g/mol. The third kappa shape index (κ3) is 3.68. The third-order valence-corrected chi connectivity index (χ3v) is 8.52. The van der Waals surface area contributed by atoms with Gasteiger partial charge in [-0.05, 0) is 95.7 Å². The summed E-state index contributed by atoms with van der Waals surface area (Å²) < 4.78 is 0. The van der Waals surface area contributed by atoms with Gasteiger partial charge in [0.15, 0.2) is 0 Å². The van der Waals surface area contributed by atoms with E-state index < -0.39 is 0 Å². The van der Waals surface area contributed by atoms with Gasteiger partial charge < -0.3 is 0 Å². The van der Waals surface area contributed by atoms with E-state index in [1.807, 2.05) is 0 Å². The quantitative estimate of drug-likeness (QED) is 0.208. The molecule has 0 saturated carbocycles. The fraction of sp³-hybridized carbons (Fsp3) is 0.0500. The van der Waals surface area contributed by atoms with E-state index in [9.17, 15) is 0 Å². The SMILES string of the molecule is C1=Cc2cc(-c3ccc(-c4c5ccccc5c(-c5cccc6ccccc56)c5ccccc45)cc3)ccc2CC1. The first-order valence-electron chi connectivity index (χ1n) is 14.2. The van der Waals surface area contributed by atoms with Crippen LogP contribution < -0.4 is 0 Å². The van der Waals surface area contributed by atoms with Crippen LogP contribution in [0.5, 0.6) is 0 Å². The second kappa shape index (κ2) is 9.36. The first kappa shape index (κ1) is 23.0. The van der Waals surface area contributed by atoms with Gasteiger partial charge in [-0.25, -0.2) is 0 Å². The summed E-state index contributed by atoms with van der Waals surface area (Å²) in [5, 5.41) is 7.71. The van der Waals surface area contributed by atoms with Gasteiger partial charge in [-0.1, -0.05) is 140 Å². The number of benzene rings is 7. The molecule has 0 nitrogen and oxygen atoms in total. The van der Waals surface area contributed by atoms with Crippen LogP contribution in [0.25, 0.3) is 71.8 Å². The molecule has 0 saturated heterocycles. The molecule has 0 aromatic heterocycles. The van der Waals surface area contributed by atoms with Crippen LogP contribution in [0, 0.1) is 0 Å². The summed E-state index contributed by atoms with van der Waals surface area (Å²) in [6.07, 6.45) is 6.84. The smallest absolute Gasteiger partial charge is 0.00201 e. The highest BCUT2D eigenvalue weighted by Crippen LogP contribution is 2.45. The first-order chi connectivity index (χ1) is 19.8. The number of fused-ring (bicyclic) bond motifs is 4. The number of hydrogen-bond acceptors (Lipinski definition) is 0. The molecule has 0 spiro atoms. The fourth-order valence-corrected chi connectivity index (χ4v) is 6.61. The summed E-state index contributed by atoms with van der Waals surface area (Å²) in [4.78, 5) is 0. The number of aryl methyl sites for hydroxylation is 1. The van der Waals surface area contributed by atoms with Crippen molar-refractivity contribution in [2.45, 2.75) is 12.8 Å². The third-order valence-electron chi connectivity index (χ3n) is 8.52. The van der Waals surface area contributed by atoms with Crippen molar-refractivity contribution in [2.24, 2.45) is 0 Å². The van der Waals surface area contributed by atoms with Crippen molar-refractivity contribution in [1.29, 1.82) is 0 Å². The van der Waals surface area contributed by atoms with Gasteiger partial charge in [-0.15, -0.1) is 0 Å². The van der Waals surface area contributed by atoms with Crippen LogP contribution in [0.2, 0.25) is 0 Å². The minimum atomic E-state index is 1.14. The summed E-state index contributed by atoms with van der Waals surface area (Å²) in [6, 6.07) is 49.3. The predicted molar refractivity (Wildman–Crippen MR) is 173 cm³/mol. The molecule has 7 aromatic carbocycles. The molecule has 7 aromatic rings. The van der Waals surface area contributed by atoms with Gasteiger partial charge in [0.25, 0.3) is 0 Å². The van der Waals surface area contributed by atoms with E-state index in [4.69, 9.17) is 0 Å². The second-order valence-corrected chi connectivity index (χ2v) is 10.8. The van der Waals surface area contributed by atoms with Crippen LogP contribution in [-0.4, -0.2) is 0 Å². The van der Waals surface area contributed by atoms with Gasteiger partial charge in [0, 0.05) is 0 Å². The molecule has 1 aliphatic rings. The maximum absolute atomic E-state index is 2.34. The highest BCUT2D eigenvalue weighted by Gasteiger charge is 2.18. The molecule has 0 atom stereocenters. The van der Waals surface area contributed by atoms with Crippen LogP contribution in [-0.2, 0) is 6.42 Å². The standard InChI is InChI=1S/C40H28/c1-2-12-31-26-32(25-22-27(31)10-1)28-20-23-30(24-21-28)39-35-15-5-7-17-37(35)40(38-18-8-6-16-36(38)39)34-19-9-13-29-11-3-4-14-33(29)34/h2-9,11-26H,1,10H2. The summed E-state index contributed by atoms with van der Waals surface area (Å²) in [6.45, 7) is 0. The van der Waals surface area contributed by atoms with Crippen LogP contribution in [0.1, 0.15) is 17.5 Å². The predicted octanol–water partition coefficient (Wildman–Crippen LogP) is 11.1. The Kier molecular flexibility index (Phi) is 5.38. The summed E-state index contributed by atoms with van der Waals surface area (Å²) >= 11 is 0. The van der Waals surface area contributed by atoms with E-state index in [2.05, 4.69) is 146 Å². The molecule has 0 heteroatoms. The highest BCUT2D eigenvalue weighted by atomic mass is 14.2. The zero-order chi connectivity index (χ0) is 26.5. The Bertz CT molecular complexity index is 2030.